The number of hydrogen-bond acceptors (Lipinski definition) is 3. The van der Waals surface area contributed by atoms with E-state index >= 15 is 0 Å². The summed E-state index contributed by atoms with van der Waals surface area (Å²) in [4.78, 5) is 22.8. The molecule has 110 valence electrons. The van der Waals surface area contributed by atoms with Crippen LogP contribution < -0.4 is 5.32 Å². The number of carbonyl (C=O) groups is 2. The minimum absolute atomic E-state index is 0.305. The molecule has 1 amide bonds. The minimum atomic E-state index is -1.00. The van der Waals surface area contributed by atoms with Gasteiger partial charge in [-0.2, -0.15) is 0 Å². The van der Waals surface area contributed by atoms with E-state index in [9.17, 15) is 9.59 Å². The number of nitrogens with one attached hydrogen (secondary N) is 1. The number of alkyl carbamates (subject to hydrolysis) is 1. The zero-order valence-corrected chi connectivity index (χ0v) is 12.4. The average molecular weight is 271 g/mol. The van der Waals surface area contributed by atoms with Gasteiger partial charge in [0.15, 0.2) is 0 Å². The van der Waals surface area contributed by atoms with Gasteiger partial charge < -0.3 is 15.2 Å². The summed E-state index contributed by atoms with van der Waals surface area (Å²) < 4.78 is 5.08. The van der Waals surface area contributed by atoms with Crippen LogP contribution >= 0.6 is 0 Å². The normalized spacial score (nSPS) is 20.3. The second-order valence-corrected chi connectivity index (χ2v) is 7.21. The summed E-state index contributed by atoms with van der Waals surface area (Å²) in [6, 6.07) is -0.865. The van der Waals surface area contributed by atoms with Gasteiger partial charge in [0.2, 0.25) is 0 Å². The molecule has 0 saturated heterocycles. The highest BCUT2D eigenvalue weighted by Crippen LogP contribution is 2.46. The lowest BCUT2D eigenvalue weighted by atomic mass is 9.63. The molecular weight excluding hydrogens is 246 g/mol. The van der Waals surface area contributed by atoms with Gasteiger partial charge in [-0.3, -0.25) is 0 Å². The lowest BCUT2D eigenvalue weighted by Crippen LogP contribution is -2.46. The third kappa shape index (κ3) is 5.49. The highest BCUT2D eigenvalue weighted by atomic mass is 16.6. The molecule has 0 radical (unpaired) electrons. The number of rotatable bonds is 4. The van der Waals surface area contributed by atoms with Gasteiger partial charge in [-0.25, -0.2) is 9.59 Å². The van der Waals surface area contributed by atoms with Crippen LogP contribution in [0.3, 0.4) is 0 Å². The molecule has 1 aliphatic carbocycles. The fourth-order valence-corrected chi connectivity index (χ4v) is 2.67. The Bertz CT molecular complexity index is 349. The van der Waals surface area contributed by atoms with E-state index in [0.717, 1.165) is 12.8 Å². The first-order valence-electron chi connectivity index (χ1n) is 6.71. The number of aliphatic carboxylic acids is 1. The Morgan fingerprint density at radius 1 is 1.37 bits per heavy atom. The first-order valence-corrected chi connectivity index (χ1v) is 6.71. The molecular formula is C14H25NO4. The van der Waals surface area contributed by atoms with Gasteiger partial charge in [-0.1, -0.05) is 13.8 Å². The largest absolute Gasteiger partial charge is 0.480 e. The van der Waals surface area contributed by atoms with E-state index in [0.29, 0.717) is 17.8 Å². The van der Waals surface area contributed by atoms with E-state index in [1.807, 2.05) is 0 Å². The van der Waals surface area contributed by atoms with Crippen LogP contribution in [0, 0.1) is 11.3 Å². The summed E-state index contributed by atoms with van der Waals surface area (Å²) in [6.07, 6.45) is 1.82. The molecule has 0 spiro atoms. The first-order chi connectivity index (χ1) is 8.48. The van der Waals surface area contributed by atoms with Gasteiger partial charge in [0.05, 0.1) is 0 Å². The topological polar surface area (TPSA) is 75.6 Å². The Morgan fingerprint density at radius 2 is 1.89 bits per heavy atom. The monoisotopic (exact) mass is 271 g/mol. The Balaban J connectivity index is 2.46. The molecule has 0 aromatic carbocycles. The summed E-state index contributed by atoms with van der Waals surface area (Å²) in [7, 11) is 0. The van der Waals surface area contributed by atoms with Crippen LogP contribution in [0.15, 0.2) is 0 Å². The van der Waals surface area contributed by atoms with Crippen molar-refractivity contribution in [1.82, 2.24) is 5.32 Å². The average Bonchev–Trinajstić information content (AvgIpc) is 2.10. The van der Waals surface area contributed by atoms with Crippen LogP contribution in [0.5, 0.6) is 0 Å². The molecule has 0 heterocycles. The number of hydrogen-bond donors (Lipinski definition) is 2. The van der Waals surface area contributed by atoms with Crippen molar-refractivity contribution < 1.29 is 19.4 Å². The van der Waals surface area contributed by atoms with E-state index < -0.39 is 23.7 Å². The molecule has 2 N–H and O–H groups in total. The summed E-state index contributed by atoms with van der Waals surface area (Å²) >= 11 is 0. The lowest BCUT2D eigenvalue weighted by Gasteiger charge is -2.43. The third-order valence-corrected chi connectivity index (χ3v) is 3.24. The summed E-state index contributed by atoms with van der Waals surface area (Å²) in [5, 5.41) is 11.6. The van der Waals surface area contributed by atoms with Crippen molar-refractivity contribution in [3.05, 3.63) is 0 Å². The molecule has 0 bridgehead atoms. The number of carbonyl (C=O) groups excluding carboxylic acids is 1. The van der Waals surface area contributed by atoms with Crippen LogP contribution in [0.25, 0.3) is 0 Å². The van der Waals surface area contributed by atoms with E-state index in [1.54, 1.807) is 20.8 Å². The maximum Gasteiger partial charge on any atom is 0.408 e. The van der Waals surface area contributed by atoms with E-state index in [2.05, 4.69) is 19.2 Å². The number of carboxylic acid groups (broad SMARTS) is 1. The van der Waals surface area contributed by atoms with Gasteiger partial charge in [-0.15, -0.1) is 0 Å². The highest BCUT2D eigenvalue weighted by Gasteiger charge is 2.38. The number of amides is 1. The molecule has 0 aromatic rings. The van der Waals surface area contributed by atoms with Crippen LogP contribution in [0.1, 0.15) is 53.9 Å². The Labute approximate surface area is 114 Å². The van der Waals surface area contributed by atoms with Crippen LogP contribution in [-0.2, 0) is 9.53 Å². The zero-order valence-electron chi connectivity index (χ0n) is 12.4. The summed E-state index contributed by atoms with van der Waals surface area (Å²) in [5.74, 6) is -0.637. The molecule has 19 heavy (non-hydrogen) atoms. The molecule has 0 unspecified atom stereocenters. The molecule has 0 aromatic heterocycles. The van der Waals surface area contributed by atoms with Gasteiger partial charge >= 0.3 is 12.1 Å². The Morgan fingerprint density at radius 3 is 2.26 bits per heavy atom. The summed E-state index contributed by atoms with van der Waals surface area (Å²) in [6.45, 7) is 9.57. The smallest absolute Gasteiger partial charge is 0.408 e. The lowest BCUT2D eigenvalue weighted by molar-refractivity contribution is -0.140. The Kier molecular flexibility index (Phi) is 4.48. The van der Waals surface area contributed by atoms with Crippen molar-refractivity contribution in [3.8, 4) is 0 Å². The van der Waals surface area contributed by atoms with Gasteiger partial charge in [0, 0.05) is 0 Å². The van der Waals surface area contributed by atoms with Crippen LogP contribution in [0.4, 0.5) is 4.79 Å². The third-order valence-electron chi connectivity index (χ3n) is 3.24. The molecule has 5 nitrogen and oxygen atoms in total. The van der Waals surface area contributed by atoms with Crippen molar-refractivity contribution in [2.24, 2.45) is 11.3 Å². The molecule has 1 saturated carbocycles. The number of carboxylic acids is 1. The molecule has 1 aliphatic rings. The van der Waals surface area contributed by atoms with Gasteiger partial charge in [0.1, 0.15) is 11.6 Å². The standard InChI is InChI=1S/C14H25NO4/c1-13(2,3)19-12(18)15-10(11(16)17)6-9-7-14(4,5)8-9/h9-10H,6-8H2,1-5H3,(H,15,18)(H,16,17)/t10-/m0/s1. The van der Waals surface area contributed by atoms with Crippen molar-refractivity contribution in [3.63, 3.8) is 0 Å². The first kappa shape index (κ1) is 15.8. The fraction of sp³-hybridized carbons (Fsp3) is 0.857. The SMILES string of the molecule is CC1(C)CC(C[C@H](NC(=O)OC(C)(C)C)C(=O)O)C1. The van der Waals surface area contributed by atoms with Gasteiger partial charge in [0.25, 0.3) is 0 Å². The molecule has 1 atom stereocenters. The number of ether oxygens (including phenoxy) is 1. The van der Waals surface area contributed by atoms with Crippen molar-refractivity contribution in [1.29, 1.82) is 0 Å². The molecule has 5 heteroatoms. The quantitative estimate of drug-likeness (QED) is 0.824. The predicted octanol–water partition coefficient (Wildman–Crippen LogP) is 2.79. The zero-order chi connectivity index (χ0) is 14.8. The highest BCUT2D eigenvalue weighted by molar-refractivity contribution is 5.80. The molecule has 0 aliphatic heterocycles. The van der Waals surface area contributed by atoms with Crippen LogP contribution in [-0.4, -0.2) is 28.8 Å². The van der Waals surface area contributed by atoms with Crippen LogP contribution in [0.2, 0.25) is 0 Å². The predicted molar refractivity (Wildman–Crippen MR) is 71.9 cm³/mol. The summed E-state index contributed by atoms with van der Waals surface area (Å²) in [5.41, 5.74) is -0.314. The van der Waals surface area contributed by atoms with Crippen molar-refractivity contribution in [2.45, 2.75) is 65.5 Å². The minimum Gasteiger partial charge on any atom is -0.480 e. The maximum atomic E-state index is 11.6. The Hall–Kier alpha value is -1.26. The van der Waals surface area contributed by atoms with Crippen molar-refractivity contribution >= 4 is 12.1 Å². The second kappa shape index (κ2) is 5.39. The fourth-order valence-electron chi connectivity index (χ4n) is 2.67. The van der Waals surface area contributed by atoms with E-state index in [4.69, 9.17) is 9.84 Å². The van der Waals surface area contributed by atoms with Crippen molar-refractivity contribution in [2.75, 3.05) is 0 Å². The second-order valence-electron chi connectivity index (χ2n) is 7.21. The molecule has 1 rings (SSSR count). The van der Waals surface area contributed by atoms with E-state index in [1.165, 1.54) is 0 Å². The maximum absolute atomic E-state index is 11.6. The molecule has 1 fully saturated rings. The van der Waals surface area contributed by atoms with Gasteiger partial charge in [-0.05, 0) is 51.4 Å². The van der Waals surface area contributed by atoms with E-state index in [-0.39, 0.29) is 0 Å².